The number of allylic oxidation sites excluding steroid dienone is 1. The van der Waals surface area contributed by atoms with Gasteiger partial charge in [0.15, 0.2) is 11.4 Å². The number of phenols is 1. The quantitative estimate of drug-likeness (QED) is 0.555. The number of fused-ring (bicyclic) bond motifs is 1. The molecule has 2 aliphatic heterocycles. The highest BCUT2D eigenvalue weighted by atomic mass is 16.8. The number of nitrogens with one attached hydrogen (secondary N) is 1. The molecule has 146 valence electrons. The fraction of sp³-hybridized carbons (Fsp3) is 0.286. The summed E-state index contributed by atoms with van der Waals surface area (Å²) in [7, 11) is 0. The molecule has 1 unspecified atom stereocenters. The Morgan fingerprint density at radius 1 is 1.18 bits per heavy atom. The van der Waals surface area contributed by atoms with Gasteiger partial charge >= 0.3 is 0 Å². The van der Waals surface area contributed by atoms with Crippen LogP contribution in [0.4, 0.5) is 5.69 Å². The second kappa shape index (κ2) is 7.73. The highest BCUT2D eigenvalue weighted by Gasteiger charge is 2.31. The number of ketones is 1. The van der Waals surface area contributed by atoms with Gasteiger partial charge < -0.3 is 15.1 Å². The predicted octanol–water partition coefficient (Wildman–Crippen LogP) is 2.40. The minimum atomic E-state index is -1.03. The normalized spacial score (nSPS) is 19.5. The molecular weight excluding hydrogens is 360 g/mol. The Morgan fingerprint density at radius 3 is 2.71 bits per heavy atom. The third kappa shape index (κ3) is 3.65. The minimum absolute atomic E-state index is 0.117. The lowest BCUT2D eigenvalue weighted by atomic mass is 10.0. The lowest BCUT2D eigenvalue weighted by molar-refractivity contribution is -0.991. The zero-order chi connectivity index (χ0) is 19.7. The highest BCUT2D eigenvalue weighted by Crippen LogP contribution is 2.40. The summed E-state index contributed by atoms with van der Waals surface area (Å²) in [5.74, 6) is 0.376. The van der Waals surface area contributed by atoms with E-state index in [1.54, 1.807) is 18.2 Å². The molecule has 1 fully saturated rings. The van der Waals surface area contributed by atoms with Gasteiger partial charge in [-0.05, 0) is 49.7 Å². The number of hydrogen-bond donors (Lipinski definition) is 3. The lowest BCUT2D eigenvalue weighted by Crippen LogP contribution is -2.99. The zero-order valence-corrected chi connectivity index (χ0v) is 15.4. The number of phenolic OH excluding ortho intramolecular Hbond substituents is 1. The lowest BCUT2D eigenvalue weighted by Gasteiger charge is -2.27. The van der Waals surface area contributed by atoms with E-state index < -0.39 is 5.23 Å². The van der Waals surface area contributed by atoms with E-state index in [1.165, 1.54) is 30.7 Å². The van der Waals surface area contributed by atoms with E-state index in [0.29, 0.717) is 29.0 Å². The van der Waals surface area contributed by atoms with Gasteiger partial charge in [-0.1, -0.05) is 18.6 Å². The maximum Gasteiger partial charge on any atom is 0.231 e. The molecule has 4 rings (SSSR count). The van der Waals surface area contributed by atoms with Crippen molar-refractivity contribution in [2.45, 2.75) is 25.8 Å². The molecule has 1 saturated heterocycles. The van der Waals surface area contributed by atoms with Crippen LogP contribution in [0.5, 0.6) is 11.5 Å². The molecular formula is C21H22N2O5. The largest absolute Gasteiger partial charge is 0.595 e. The summed E-state index contributed by atoms with van der Waals surface area (Å²) in [6.45, 7) is 2.45. The van der Waals surface area contributed by atoms with E-state index in [9.17, 15) is 15.1 Å². The van der Waals surface area contributed by atoms with Crippen LogP contribution in [0.1, 0.15) is 40.7 Å². The van der Waals surface area contributed by atoms with Gasteiger partial charge in [-0.2, -0.15) is 5.23 Å². The Hall–Kier alpha value is -2.71. The van der Waals surface area contributed by atoms with E-state index in [1.807, 2.05) is 0 Å². The van der Waals surface area contributed by atoms with E-state index in [4.69, 9.17) is 9.94 Å². The van der Waals surface area contributed by atoms with Gasteiger partial charge in [0.05, 0.1) is 11.1 Å². The second-order valence-corrected chi connectivity index (χ2v) is 7.15. The number of benzene rings is 2. The number of nitrogens with zero attached hydrogens (tertiary/aromatic N) is 1. The van der Waals surface area contributed by atoms with Crippen molar-refractivity contribution < 1.29 is 25.1 Å². The van der Waals surface area contributed by atoms with Crippen molar-refractivity contribution >= 4 is 17.5 Å². The molecule has 2 aromatic rings. The number of quaternary nitrogens is 1. The first-order chi connectivity index (χ1) is 13.5. The molecule has 0 amide bonds. The zero-order valence-electron chi connectivity index (χ0n) is 15.4. The molecule has 3 N–H and O–H groups in total. The summed E-state index contributed by atoms with van der Waals surface area (Å²) in [5.41, 5.74) is 1.75. The van der Waals surface area contributed by atoms with Crippen LogP contribution in [0.25, 0.3) is 6.08 Å². The number of hydrogen-bond acceptors (Lipinski definition) is 6. The van der Waals surface area contributed by atoms with Gasteiger partial charge in [0.25, 0.3) is 0 Å². The maximum absolute atomic E-state index is 12.8. The van der Waals surface area contributed by atoms with Crippen LogP contribution >= 0.6 is 0 Å². The van der Waals surface area contributed by atoms with Crippen LogP contribution in [0, 0.1) is 5.21 Å². The molecule has 7 nitrogen and oxygen atoms in total. The third-order valence-electron chi connectivity index (χ3n) is 5.18. The predicted molar refractivity (Wildman–Crippen MR) is 102 cm³/mol. The molecule has 0 bridgehead atoms. The van der Waals surface area contributed by atoms with Crippen molar-refractivity contribution in [3.8, 4) is 11.5 Å². The average Bonchev–Trinajstić information content (AvgIpc) is 3.01. The van der Waals surface area contributed by atoms with Gasteiger partial charge in [-0.3, -0.25) is 9.69 Å². The average molecular weight is 382 g/mol. The fourth-order valence-corrected chi connectivity index (χ4v) is 3.70. The monoisotopic (exact) mass is 382 g/mol. The van der Waals surface area contributed by atoms with Gasteiger partial charge in [-0.15, -0.1) is 0 Å². The van der Waals surface area contributed by atoms with Crippen molar-refractivity contribution in [1.82, 2.24) is 4.90 Å². The van der Waals surface area contributed by atoms with Crippen molar-refractivity contribution in [2.24, 2.45) is 0 Å². The molecule has 0 aromatic heterocycles. The Balaban J connectivity index is 1.64. The number of likely N-dealkylation sites (tertiary alicyclic amines) is 1. The summed E-state index contributed by atoms with van der Waals surface area (Å²) in [6, 6.07) is 9.42. The third-order valence-corrected chi connectivity index (χ3v) is 5.18. The van der Waals surface area contributed by atoms with Gasteiger partial charge in [0.2, 0.25) is 5.78 Å². The molecule has 2 aliphatic rings. The van der Waals surface area contributed by atoms with Gasteiger partial charge in [-0.25, -0.2) is 5.21 Å². The standard InChI is InChI=1S/C21H22N2O5/c24-18-8-7-16-20(25)19(12-14-5-4-6-15(11-14)23(26)27)28-21(16)17(18)13-22-9-2-1-3-10-22/h4-8,11-12,23-24,26H,1-3,9-10,13H2. The van der Waals surface area contributed by atoms with Gasteiger partial charge in [0.1, 0.15) is 11.5 Å². The van der Waals surface area contributed by atoms with E-state index >= 15 is 0 Å². The second-order valence-electron chi connectivity index (χ2n) is 7.15. The molecule has 0 spiro atoms. The minimum Gasteiger partial charge on any atom is -0.595 e. The molecule has 2 aromatic carbocycles. The van der Waals surface area contributed by atoms with Crippen molar-refractivity contribution in [1.29, 1.82) is 0 Å². The van der Waals surface area contributed by atoms with Crippen LogP contribution in [0.3, 0.4) is 0 Å². The smallest absolute Gasteiger partial charge is 0.231 e. The van der Waals surface area contributed by atoms with Crippen LogP contribution in [-0.4, -0.2) is 34.1 Å². The first-order valence-electron chi connectivity index (χ1n) is 9.38. The number of ether oxygens (including phenoxy) is 1. The van der Waals surface area contributed by atoms with Crippen molar-refractivity contribution in [2.75, 3.05) is 13.1 Å². The number of carbonyl (C=O) groups excluding carboxylic acids is 1. The van der Waals surface area contributed by atoms with Crippen LogP contribution < -0.4 is 9.96 Å². The first-order valence-corrected chi connectivity index (χ1v) is 9.38. The Morgan fingerprint density at radius 2 is 1.96 bits per heavy atom. The molecule has 0 radical (unpaired) electrons. The molecule has 1 atom stereocenters. The Kier molecular flexibility index (Phi) is 5.15. The van der Waals surface area contributed by atoms with E-state index in [0.717, 1.165) is 25.9 Å². The number of rotatable bonds is 4. The molecule has 28 heavy (non-hydrogen) atoms. The summed E-state index contributed by atoms with van der Waals surface area (Å²) < 4.78 is 5.85. The summed E-state index contributed by atoms with van der Waals surface area (Å²) in [6.07, 6.45) is 5.00. The molecule has 0 aliphatic carbocycles. The Labute approximate surface area is 162 Å². The number of piperidine rings is 1. The fourth-order valence-electron chi connectivity index (χ4n) is 3.70. The number of carbonyl (C=O) groups is 1. The Bertz CT molecular complexity index is 932. The number of aromatic hydroxyl groups is 1. The SMILES string of the molecule is O=C1C(=Cc2cccc([NH+]([O-])O)c2)Oc2c1ccc(O)c2CN1CCCCC1. The summed E-state index contributed by atoms with van der Waals surface area (Å²) in [4.78, 5) is 15.0. The van der Waals surface area contributed by atoms with Gasteiger partial charge in [0, 0.05) is 18.7 Å². The highest BCUT2D eigenvalue weighted by molar-refractivity contribution is 6.15. The van der Waals surface area contributed by atoms with E-state index in [-0.39, 0.29) is 23.0 Å². The van der Waals surface area contributed by atoms with E-state index in [2.05, 4.69) is 4.90 Å². The molecule has 7 heteroatoms. The first kappa shape index (κ1) is 18.6. The molecule has 0 saturated carbocycles. The number of Topliss-reactive ketones (excluding diaryl/α,β-unsaturated/α-hetero) is 1. The topological polar surface area (TPSA) is 97.5 Å². The van der Waals surface area contributed by atoms with Crippen LogP contribution in [-0.2, 0) is 6.54 Å². The van der Waals surface area contributed by atoms with Crippen LogP contribution in [0.2, 0.25) is 0 Å². The van der Waals surface area contributed by atoms with Crippen molar-refractivity contribution in [3.05, 3.63) is 64.1 Å². The molecule has 2 heterocycles. The summed E-state index contributed by atoms with van der Waals surface area (Å²) >= 11 is 0. The van der Waals surface area contributed by atoms with Crippen LogP contribution in [0.15, 0.2) is 42.2 Å². The summed E-state index contributed by atoms with van der Waals surface area (Å²) in [5, 5.41) is 29.6. The maximum atomic E-state index is 12.8. The van der Waals surface area contributed by atoms with Crippen molar-refractivity contribution in [3.63, 3.8) is 0 Å².